The van der Waals surface area contributed by atoms with Crippen LogP contribution >= 0.6 is 38.5 Å². The maximum atomic E-state index is 12.8. The van der Waals surface area contributed by atoms with Crippen LogP contribution in [-0.2, 0) is 6.18 Å². The summed E-state index contributed by atoms with van der Waals surface area (Å²) in [6, 6.07) is 1.91. The Balaban J connectivity index is 3.37. The Morgan fingerprint density at radius 3 is 2.23 bits per heavy atom. The molecule has 13 heavy (non-hydrogen) atoms. The maximum Gasteiger partial charge on any atom is 0.417 e. The highest BCUT2D eigenvalue weighted by Crippen LogP contribution is 2.36. The average Bonchev–Trinajstić information content (AvgIpc) is 1.94. The summed E-state index contributed by atoms with van der Waals surface area (Å²) in [7, 11) is 0. The second kappa shape index (κ2) is 3.72. The van der Waals surface area contributed by atoms with E-state index in [2.05, 4.69) is 15.9 Å². The lowest BCUT2D eigenvalue weighted by molar-refractivity contribution is -0.138. The predicted molar refractivity (Wildman–Crippen MR) is 51.8 cm³/mol. The summed E-state index contributed by atoms with van der Waals surface area (Å²) in [6.07, 6.45) is -4.53. The highest BCUT2D eigenvalue weighted by molar-refractivity contribution is 14.1. The molecule has 0 spiro atoms. The van der Waals surface area contributed by atoms with E-state index in [1.54, 1.807) is 22.6 Å². The standard InChI is InChI=1S/C7H2BrF4I/c8-6-4(7(10,11)12)1-3(13)2-5(6)9/h1-2H. The van der Waals surface area contributed by atoms with Crippen LogP contribution < -0.4 is 0 Å². The topological polar surface area (TPSA) is 0 Å². The first-order valence-corrected chi connectivity index (χ1v) is 4.91. The highest BCUT2D eigenvalue weighted by Gasteiger charge is 2.34. The zero-order valence-electron chi connectivity index (χ0n) is 5.92. The third-order valence-corrected chi connectivity index (χ3v) is 2.73. The Kier molecular flexibility index (Phi) is 3.21. The van der Waals surface area contributed by atoms with Gasteiger partial charge in [0.05, 0.1) is 10.0 Å². The van der Waals surface area contributed by atoms with E-state index in [1.165, 1.54) is 0 Å². The van der Waals surface area contributed by atoms with Gasteiger partial charge in [-0.1, -0.05) is 0 Å². The Labute approximate surface area is 93.6 Å². The summed E-state index contributed by atoms with van der Waals surface area (Å²) in [5, 5.41) is 0. The van der Waals surface area contributed by atoms with Gasteiger partial charge < -0.3 is 0 Å². The summed E-state index contributed by atoms with van der Waals surface area (Å²) in [5.74, 6) is -0.903. The number of halogens is 6. The van der Waals surface area contributed by atoms with Gasteiger partial charge in [0.2, 0.25) is 0 Å². The SMILES string of the molecule is Fc1cc(I)cc(C(F)(F)F)c1Br. The number of alkyl halides is 3. The zero-order valence-corrected chi connectivity index (χ0v) is 9.67. The van der Waals surface area contributed by atoms with Crippen molar-refractivity contribution in [3.8, 4) is 0 Å². The average molecular weight is 369 g/mol. The molecule has 0 N–H and O–H groups in total. The lowest BCUT2D eigenvalue weighted by Gasteiger charge is -2.09. The smallest absolute Gasteiger partial charge is 0.206 e. The van der Waals surface area contributed by atoms with Crippen molar-refractivity contribution < 1.29 is 17.6 Å². The van der Waals surface area contributed by atoms with E-state index in [0.29, 0.717) is 0 Å². The quantitative estimate of drug-likeness (QED) is 0.365. The minimum Gasteiger partial charge on any atom is -0.206 e. The summed E-state index contributed by atoms with van der Waals surface area (Å²) in [5.41, 5.74) is -0.989. The van der Waals surface area contributed by atoms with Gasteiger partial charge in [0, 0.05) is 3.57 Å². The van der Waals surface area contributed by atoms with Crippen molar-refractivity contribution in [2.24, 2.45) is 0 Å². The molecule has 0 aromatic heterocycles. The van der Waals surface area contributed by atoms with Gasteiger partial charge in [-0.05, 0) is 50.7 Å². The number of hydrogen-bond donors (Lipinski definition) is 0. The van der Waals surface area contributed by atoms with Crippen LogP contribution in [0.4, 0.5) is 17.6 Å². The van der Waals surface area contributed by atoms with E-state index in [9.17, 15) is 17.6 Å². The molecule has 72 valence electrons. The first kappa shape index (κ1) is 11.2. The number of benzene rings is 1. The van der Waals surface area contributed by atoms with Crippen LogP contribution in [0.2, 0.25) is 0 Å². The molecule has 0 aliphatic rings. The second-order valence-corrected chi connectivity index (χ2v) is 4.29. The third-order valence-electron chi connectivity index (χ3n) is 1.30. The largest absolute Gasteiger partial charge is 0.417 e. The van der Waals surface area contributed by atoms with Crippen LogP contribution in [0.5, 0.6) is 0 Å². The van der Waals surface area contributed by atoms with Crippen molar-refractivity contribution in [1.82, 2.24) is 0 Å². The molecule has 0 heterocycles. The van der Waals surface area contributed by atoms with E-state index in [4.69, 9.17) is 0 Å². The maximum absolute atomic E-state index is 12.8. The molecule has 0 radical (unpaired) electrons. The molecule has 0 fully saturated rings. The fourth-order valence-corrected chi connectivity index (χ4v) is 1.80. The van der Waals surface area contributed by atoms with Crippen LogP contribution in [0, 0.1) is 9.39 Å². The molecule has 0 saturated carbocycles. The van der Waals surface area contributed by atoms with Gasteiger partial charge >= 0.3 is 6.18 Å². The van der Waals surface area contributed by atoms with Gasteiger partial charge in [0.1, 0.15) is 5.82 Å². The molecule has 0 bridgehead atoms. The Hall–Kier alpha value is 0.150. The van der Waals surface area contributed by atoms with Gasteiger partial charge in [-0.25, -0.2) is 4.39 Å². The Morgan fingerprint density at radius 2 is 1.77 bits per heavy atom. The van der Waals surface area contributed by atoms with Crippen LogP contribution in [0.25, 0.3) is 0 Å². The molecule has 0 amide bonds. The lowest BCUT2D eigenvalue weighted by atomic mass is 10.2. The molecule has 0 unspecified atom stereocenters. The molecule has 0 nitrogen and oxygen atoms in total. The van der Waals surface area contributed by atoms with E-state index in [0.717, 1.165) is 12.1 Å². The van der Waals surface area contributed by atoms with Gasteiger partial charge in [-0.3, -0.25) is 0 Å². The number of hydrogen-bond acceptors (Lipinski definition) is 0. The predicted octanol–water partition coefficient (Wildman–Crippen LogP) is 4.21. The van der Waals surface area contributed by atoms with Crippen molar-refractivity contribution in [2.45, 2.75) is 6.18 Å². The van der Waals surface area contributed by atoms with E-state index < -0.39 is 22.0 Å². The zero-order chi connectivity index (χ0) is 10.2. The molecule has 0 aliphatic carbocycles. The highest BCUT2D eigenvalue weighted by atomic mass is 127. The van der Waals surface area contributed by atoms with Gasteiger partial charge in [-0.2, -0.15) is 13.2 Å². The molecule has 1 rings (SSSR count). The molecular weight excluding hydrogens is 367 g/mol. The lowest BCUT2D eigenvalue weighted by Crippen LogP contribution is -2.07. The molecule has 1 aromatic rings. The molecule has 0 atom stereocenters. The van der Waals surface area contributed by atoms with E-state index >= 15 is 0 Å². The van der Waals surface area contributed by atoms with Crippen LogP contribution in [0.3, 0.4) is 0 Å². The molecule has 6 heteroatoms. The van der Waals surface area contributed by atoms with Crippen molar-refractivity contribution in [3.63, 3.8) is 0 Å². The Bertz CT molecular complexity index is 334. The van der Waals surface area contributed by atoms with Gasteiger partial charge in [0.25, 0.3) is 0 Å². The minimum absolute atomic E-state index is 0.214. The summed E-state index contributed by atoms with van der Waals surface area (Å²) in [6.45, 7) is 0. The van der Waals surface area contributed by atoms with Crippen LogP contribution in [0.15, 0.2) is 16.6 Å². The first-order valence-electron chi connectivity index (χ1n) is 3.04. The first-order chi connectivity index (χ1) is 5.82. The van der Waals surface area contributed by atoms with E-state index in [-0.39, 0.29) is 3.57 Å². The number of rotatable bonds is 0. The molecule has 0 saturated heterocycles. The van der Waals surface area contributed by atoms with E-state index in [1.807, 2.05) is 0 Å². The van der Waals surface area contributed by atoms with Crippen molar-refractivity contribution in [1.29, 1.82) is 0 Å². The molecule has 0 aliphatic heterocycles. The van der Waals surface area contributed by atoms with Gasteiger partial charge in [0.15, 0.2) is 0 Å². The fourth-order valence-electron chi connectivity index (χ4n) is 0.762. The van der Waals surface area contributed by atoms with Crippen LogP contribution in [-0.4, -0.2) is 0 Å². The monoisotopic (exact) mass is 368 g/mol. The fraction of sp³-hybridized carbons (Fsp3) is 0.143. The van der Waals surface area contributed by atoms with Crippen molar-refractivity contribution >= 4 is 38.5 Å². The third kappa shape index (κ3) is 2.55. The van der Waals surface area contributed by atoms with Crippen molar-refractivity contribution in [3.05, 3.63) is 31.6 Å². The van der Waals surface area contributed by atoms with Crippen molar-refractivity contribution in [2.75, 3.05) is 0 Å². The summed E-state index contributed by atoms with van der Waals surface area (Å²) in [4.78, 5) is 0. The molecular formula is C7H2BrF4I. The normalized spacial score (nSPS) is 11.8. The van der Waals surface area contributed by atoms with Crippen LogP contribution in [0.1, 0.15) is 5.56 Å². The molecule has 1 aromatic carbocycles. The second-order valence-electron chi connectivity index (χ2n) is 2.25. The summed E-state index contributed by atoms with van der Waals surface area (Å²) >= 11 is 4.18. The minimum atomic E-state index is -4.53. The van der Waals surface area contributed by atoms with Gasteiger partial charge in [-0.15, -0.1) is 0 Å². The summed E-state index contributed by atoms with van der Waals surface area (Å²) < 4.78 is 49.1. The Morgan fingerprint density at radius 1 is 1.23 bits per heavy atom.